The van der Waals surface area contributed by atoms with Gasteiger partial charge in [-0.1, -0.05) is 13.8 Å². The summed E-state index contributed by atoms with van der Waals surface area (Å²) in [5.74, 6) is 1.31. The molecule has 16 heavy (non-hydrogen) atoms. The van der Waals surface area contributed by atoms with E-state index in [1.807, 2.05) is 11.3 Å². The van der Waals surface area contributed by atoms with Crippen molar-refractivity contribution < 1.29 is 0 Å². The summed E-state index contributed by atoms with van der Waals surface area (Å²) in [6, 6.07) is 0.547. The second kappa shape index (κ2) is 5.52. The van der Waals surface area contributed by atoms with Crippen LogP contribution in [0, 0.1) is 6.92 Å². The van der Waals surface area contributed by atoms with Crippen LogP contribution in [0.3, 0.4) is 0 Å². The van der Waals surface area contributed by atoms with Crippen LogP contribution in [0.15, 0.2) is 0 Å². The van der Waals surface area contributed by atoms with E-state index >= 15 is 0 Å². The van der Waals surface area contributed by atoms with E-state index in [4.69, 9.17) is 4.98 Å². The summed E-state index contributed by atoms with van der Waals surface area (Å²) in [6.45, 7) is 7.48. The van der Waals surface area contributed by atoms with Gasteiger partial charge >= 0.3 is 0 Å². The zero-order valence-electron chi connectivity index (χ0n) is 10.2. The van der Waals surface area contributed by atoms with Crippen LogP contribution in [0.1, 0.15) is 47.5 Å². The van der Waals surface area contributed by atoms with Crippen LogP contribution in [0.5, 0.6) is 0 Å². The Hall–Kier alpha value is -0.0600. The summed E-state index contributed by atoms with van der Waals surface area (Å²) in [5.41, 5.74) is 1.22. The molecular weight excluding hydrogens is 236 g/mol. The van der Waals surface area contributed by atoms with E-state index in [1.54, 1.807) is 0 Å². The van der Waals surface area contributed by atoms with Crippen LogP contribution in [-0.2, 0) is 6.54 Å². The molecule has 1 atom stereocenters. The van der Waals surface area contributed by atoms with Crippen molar-refractivity contribution in [2.75, 3.05) is 5.75 Å². The van der Waals surface area contributed by atoms with Gasteiger partial charge in [-0.3, -0.25) is 0 Å². The topological polar surface area (TPSA) is 24.9 Å². The molecule has 1 saturated heterocycles. The minimum Gasteiger partial charge on any atom is -0.310 e. The second-order valence-corrected chi connectivity index (χ2v) is 7.02. The molecule has 1 aliphatic rings. The van der Waals surface area contributed by atoms with Crippen LogP contribution < -0.4 is 5.32 Å². The Morgan fingerprint density at radius 2 is 2.31 bits per heavy atom. The maximum Gasteiger partial charge on any atom is 0.106 e. The van der Waals surface area contributed by atoms with Crippen molar-refractivity contribution in [2.24, 2.45) is 0 Å². The molecule has 1 aromatic heterocycles. The smallest absolute Gasteiger partial charge is 0.106 e. The highest BCUT2D eigenvalue weighted by atomic mass is 32.2. The lowest BCUT2D eigenvalue weighted by molar-refractivity contribution is 0.591. The van der Waals surface area contributed by atoms with Gasteiger partial charge in [0.2, 0.25) is 0 Å². The van der Waals surface area contributed by atoms with Crippen LogP contribution >= 0.6 is 23.1 Å². The fourth-order valence-electron chi connectivity index (χ4n) is 1.82. The zero-order chi connectivity index (χ0) is 11.5. The fraction of sp³-hybridized carbons (Fsp3) is 0.750. The first-order valence-electron chi connectivity index (χ1n) is 5.98. The first kappa shape index (κ1) is 12.4. The predicted octanol–water partition coefficient (Wildman–Crippen LogP) is 3.52. The Morgan fingerprint density at radius 1 is 1.50 bits per heavy atom. The van der Waals surface area contributed by atoms with Gasteiger partial charge < -0.3 is 5.32 Å². The average Bonchev–Trinajstić information content (AvgIpc) is 2.83. The van der Waals surface area contributed by atoms with Crippen molar-refractivity contribution in [1.82, 2.24) is 10.3 Å². The lowest BCUT2D eigenvalue weighted by Gasteiger charge is -2.06. The van der Waals surface area contributed by atoms with Crippen molar-refractivity contribution in [1.29, 1.82) is 0 Å². The van der Waals surface area contributed by atoms with Gasteiger partial charge in [0.1, 0.15) is 5.01 Å². The number of nitrogens with zero attached hydrogens (tertiary/aromatic N) is 1. The Morgan fingerprint density at radius 3 is 2.94 bits per heavy atom. The van der Waals surface area contributed by atoms with E-state index in [9.17, 15) is 0 Å². The van der Waals surface area contributed by atoms with Crippen LogP contribution in [0.25, 0.3) is 0 Å². The minimum atomic E-state index is 0.547. The molecule has 0 aliphatic carbocycles. The molecule has 1 unspecified atom stereocenters. The van der Waals surface area contributed by atoms with Crippen LogP contribution in [-0.4, -0.2) is 16.8 Å². The summed E-state index contributed by atoms with van der Waals surface area (Å²) >= 11 is 3.97. The van der Waals surface area contributed by atoms with E-state index < -0.39 is 0 Å². The molecule has 1 N–H and O–H groups in total. The lowest BCUT2D eigenvalue weighted by atomic mass is 10.2. The summed E-state index contributed by atoms with van der Waals surface area (Å²) in [6.07, 6.45) is 2.67. The van der Waals surface area contributed by atoms with Crippen molar-refractivity contribution in [3.05, 3.63) is 15.6 Å². The molecule has 2 nitrogen and oxygen atoms in total. The van der Waals surface area contributed by atoms with E-state index in [-0.39, 0.29) is 0 Å². The van der Waals surface area contributed by atoms with Crippen molar-refractivity contribution in [3.8, 4) is 0 Å². The number of thiazole rings is 1. The number of nitrogens with one attached hydrogen (secondary N) is 1. The summed E-state index contributed by atoms with van der Waals surface area (Å²) in [5, 5.41) is 5.50. The van der Waals surface area contributed by atoms with Crippen molar-refractivity contribution >= 4 is 23.1 Å². The third-order valence-corrected chi connectivity index (χ3v) is 5.59. The van der Waals surface area contributed by atoms with Gasteiger partial charge in [-0.15, -0.1) is 11.3 Å². The highest BCUT2D eigenvalue weighted by molar-refractivity contribution is 7.99. The third kappa shape index (κ3) is 2.99. The standard InChI is InChI=1S/C12H20N2S2/c1-8(2)13-7-11-9(3)14-12(16-11)10-5-4-6-15-10/h8,10,13H,4-7H2,1-3H3. The van der Waals surface area contributed by atoms with Gasteiger partial charge in [-0.05, 0) is 25.5 Å². The number of aryl methyl sites for hydroxylation is 1. The Balaban J connectivity index is 2.02. The fourth-order valence-corrected chi connectivity index (χ4v) is 4.35. The Labute approximate surface area is 106 Å². The summed E-state index contributed by atoms with van der Waals surface area (Å²) < 4.78 is 0. The van der Waals surface area contributed by atoms with Crippen molar-refractivity contribution in [2.45, 2.75) is 51.4 Å². The molecule has 0 saturated carbocycles. The number of hydrogen-bond acceptors (Lipinski definition) is 4. The monoisotopic (exact) mass is 256 g/mol. The molecule has 4 heteroatoms. The first-order chi connectivity index (χ1) is 7.66. The molecule has 90 valence electrons. The molecule has 0 radical (unpaired) electrons. The Bertz CT molecular complexity index is 341. The molecule has 1 aliphatic heterocycles. The SMILES string of the molecule is Cc1nc(C2CCCS2)sc1CNC(C)C. The van der Waals surface area contributed by atoms with Gasteiger partial charge in [-0.2, -0.15) is 11.8 Å². The second-order valence-electron chi connectivity index (χ2n) is 4.60. The van der Waals surface area contributed by atoms with Gasteiger partial charge in [0.25, 0.3) is 0 Å². The molecule has 1 fully saturated rings. The highest BCUT2D eigenvalue weighted by Gasteiger charge is 2.21. The molecule has 2 heterocycles. The number of rotatable bonds is 4. The third-order valence-electron chi connectivity index (χ3n) is 2.79. The van der Waals surface area contributed by atoms with Gasteiger partial charge in [0, 0.05) is 17.5 Å². The molecule has 0 bridgehead atoms. The number of thioether (sulfide) groups is 1. The molecular formula is C12H20N2S2. The highest BCUT2D eigenvalue weighted by Crippen LogP contribution is 2.41. The summed E-state index contributed by atoms with van der Waals surface area (Å²) in [7, 11) is 0. The molecule has 2 rings (SSSR count). The van der Waals surface area contributed by atoms with Gasteiger partial charge in [0.05, 0.1) is 10.9 Å². The van der Waals surface area contributed by atoms with Gasteiger partial charge in [-0.25, -0.2) is 4.98 Å². The minimum absolute atomic E-state index is 0.547. The van der Waals surface area contributed by atoms with E-state index in [0.717, 1.165) is 6.54 Å². The van der Waals surface area contributed by atoms with E-state index in [2.05, 4.69) is 37.8 Å². The number of hydrogen-bond donors (Lipinski definition) is 1. The largest absolute Gasteiger partial charge is 0.310 e. The summed E-state index contributed by atoms with van der Waals surface area (Å²) in [4.78, 5) is 6.14. The zero-order valence-corrected chi connectivity index (χ0v) is 11.9. The quantitative estimate of drug-likeness (QED) is 0.892. The first-order valence-corrected chi connectivity index (χ1v) is 7.84. The number of aromatic nitrogens is 1. The maximum atomic E-state index is 4.73. The molecule has 1 aromatic rings. The molecule has 0 spiro atoms. The average molecular weight is 256 g/mol. The normalized spacial score (nSPS) is 20.9. The lowest BCUT2D eigenvalue weighted by Crippen LogP contribution is -2.21. The molecule has 0 aromatic carbocycles. The Kier molecular flexibility index (Phi) is 4.27. The van der Waals surface area contributed by atoms with Gasteiger partial charge in [0.15, 0.2) is 0 Å². The molecule has 0 amide bonds. The van der Waals surface area contributed by atoms with E-state index in [0.29, 0.717) is 11.3 Å². The maximum absolute atomic E-state index is 4.73. The van der Waals surface area contributed by atoms with Crippen LogP contribution in [0.4, 0.5) is 0 Å². The van der Waals surface area contributed by atoms with Crippen LogP contribution in [0.2, 0.25) is 0 Å². The van der Waals surface area contributed by atoms with Crippen molar-refractivity contribution in [3.63, 3.8) is 0 Å². The predicted molar refractivity (Wildman–Crippen MR) is 73.3 cm³/mol. The van der Waals surface area contributed by atoms with E-state index in [1.165, 1.54) is 34.2 Å².